The van der Waals surface area contributed by atoms with E-state index >= 15 is 0 Å². The molecule has 0 spiro atoms. The monoisotopic (exact) mass is 355 g/mol. The van der Waals surface area contributed by atoms with Crippen molar-refractivity contribution in [2.75, 3.05) is 0 Å². The number of nitrogens with zero attached hydrogens (tertiary/aromatic N) is 1. The molecule has 0 saturated heterocycles. The van der Waals surface area contributed by atoms with Crippen LogP contribution in [0, 0.1) is 0 Å². The maximum absolute atomic E-state index is 11.7. The van der Waals surface area contributed by atoms with Crippen LogP contribution < -0.4 is 28.5 Å². The van der Waals surface area contributed by atoms with Crippen LogP contribution in [0.3, 0.4) is 0 Å². The lowest BCUT2D eigenvalue weighted by Gasteiger charge is -2.03. The molecule has 1 aromatic carbocycles. The molecule has 0 radical (unpaired) electrons. The van der Waals surface area contributed by atoms with Gasteiger partial charge in [-0.05, 0) is 11.6 Å². The molecule has 3 nitrogen and oxygen atoms in total. The highest BCUT2D eigenvalue weighted by molar-refractivity contribution is 5.88. The number of aryl methyl sites for hydroxylation is 1. The number of halogens is 1. The van der Waals surface area contributed by atoms with Crippen LogP contribution in [0.4, 0.5) is 0 Å². The van der Waals surface area contributed by atoms with Crippen molar-refractivity contribution in [1.82, 2.24) is 0 Å². The Morgan fingerprint density at radius 2 is 1.89 bits per heavy atom. The molecule has 0 bridgehead atoms. The average molecular weight is 355 g/mol. The molecule has 0 aliphatic heterocycles. The topological polar surface area (TPSA) is 30.2 Å². The minimum atomic E-state index is -0.301. The van der Waals surface area contributed by atoms with E-state index in [4.69, 9.17) is 4.74 Å². The first-order chi connectivity index (χ1) is 8.25. The number of rotatable bonds is 3. The molecule has 2 rings (SSSR count). The molecule has 18 heavy (non-hydrogen) atoms. The lowest BCUT2D eigenvalue weighted by molar-refractivity contribution is -0.671. The van der Waals surface area contributed by atoms with Crippen molar-refractivity contribution in [3.63, 3.8) is 0 Å². The summed E-state index contributed by atoms with van der Waals surface area (Å²) in [5, 5.41) is 0. The highest BCUT2D eigenvalue weighted by Gasteiger charge is 2.10. The quantitative estimate of drug-likeness (QED) is 0.397. The average Bonchev–Trinajstić information content (AvgIpc) is 2.37. The number of carbonyl (C=O) groups is 1. The van der Waals surface area contributed by atoms with Gasteiger partial charge in [0.05, 0.1) is 0 Å². The first-order valence-corrected chi connectivity index (χ1v) is 5.42. The van der Waals surface area contributed by atoms with Crippen molar-refractivity contribution < 1.29 is 38.1 Å². The van der Waals surface area contributed by atoms with Crippen molar-refractivity contribution in [2.45, 2.75) is 6.61 Å². The predicted octanol–water partition coefficient (Wildman–Crippen LogP) is -1.13. The lowest BCUT2D eigenvalue weighted by Crippen LogP contribution is -3.00. The molecule has 0 aliphatic carbocycles. The Hall–Kier alpha value is -1.43. The summed E-state index contributed by atoms with van der Waals surface area (Å²) in [6, 6.07) is 13.2. The van der Waals surface area contributed by atoms with Gasteiger partial charge >= 0.3 is 5.97 Å². The van der Waals surface area contributed by atoms with Crippen molar-refractivity contribution in [3.8, 4) is 0 Å². The van der Waals surface area contributed by atoms with E-state index in [1.807, 2.05) is 54.2 Å². The van der Waals surface area contributed by atoms with Crippen molar-refractivity contribution >= 4 is 5.97 Å². The number of aromatic nitrogens is 1. The van der Waals surface area contributed by atoms with Crippen LogP contribution in [-0.2, 0) is 18.4 Å². The van der Waals surface area contributed by atoms with Gasteiger partial charge in [0.15, 0.2) is 12.4 Å². The zero-order valence-corrected chi connectivity index (χ0v) is 12.2. The fourth-order valence-corrected chi connectivity index (χ4v) is 1.52. The van der Waals surface area contributed by atoms with Gasteiger partial charge in [-0.15, -0.1) is 0 Å². The molecule has 0 amide bonds. The molecule has 4 heteroatoms. The Labute approximate surface area is 123 Å². The Balaban J connectivity index is 0.00000162. The minimum Gasteiger partial charge on any atom is -1.00 e. The van der Waals surface area contributed by atoms with Crippen LogP contribution in [-0.4, -0.2) is 5.97 Å². The third-order valence-electron chi connectivity index (χ3n) is 2.39. The first-order valence-electron chi connectivity index (χ1n) is 5.42. The van der Waals surface area contributed by atoms with Crippen LogP contribution in [0.2, 0.25) is 0 Å². The Morgan fingerprint density at radius 1 is 1.17 bits per heavy atom. The number of pyridine rings is 1. The molecule has 1 aromatic heterocycles. The standard InChI is InChI=1S/C14H14NO2.HI/c1-15-9-5-8-13(10-15)14(16)17-11-12-6-3-2-4-7-12;/h2-10H,11H2,1H3;1H/q+1;/p-1. The Morgan fingerprint density at radius 3 is 2.56 bits per heavy atom. The van der Waals surface area contributed by atoms with E-state index in [1.165, 1.54) is 0 Å². The Kier molecular flexibility index (Phi) is 5.77. The third kappa shape index (κ3) is 4.10. The van der Waals surface area contributed by atoms with E-state index in [9.17, 15) is 4.79 Å². The normalized spacial score (nSPS) is 9.39. The van der Waals surface area contributed by atoms with Gasteiger partial charge in [0.2, 0.25) is 0 Å². The van der Waals surface area contributed by atoms with Gasteiger partial charge in [-0.1, -0.05) is 30.3 Å². The second-order valence-corrected chi connectivity index (χ2v) is 3.82. The fourth-order valence-electron chi connectivity index (χ4n) is 1.52. The summed E-state index contributed by atoms with van der Waals surface area (Å²) in [7, 11) is 1.87. The van der Waals surface area contributed by atoms with Gasteiger partial charge in [-0.3, -0.25) is 0 Å². The molecule has 0 atom stereocenters. The largest absolute Gasteiger partial charge is 1.00 e. The van der Waals surface area contributed by atoms with Gasteiger partial charge in [-0.2, -0.15) is 0 Å². The molecule has 0 saturated carbocycles. The molecule has 1 heterocycles. The Bertz CT molecular complexity index is 514. The zero-order chi connectivity index (χ0) is 12.1. The van der Waals surface area contributed by atoms with Gasteiger partial charge < -0.3 is 28.7 Å². The van der Waals surface area contributed by atoms with E-state index in [0.29, 0.717) is 12.2 Å². The zero-order valence-electron chi connectivity index (χ0n) is 10.0. The summed E-state index contributed by atoms with van der Waals surface area (Å²) >= 11 is 0. The maximum atomic E-state index is 11.7. The van der Waals surface area contributed by atoms with Crippen LogP contribution in [0.25, 0.3) is 0 Å². The number of ether oxygens (including phenoxy) is 1. The number of hydrogen-bond acceptors (Lipinski definition) is 2. The molecule has 0 aliphatic rings. The van der Waals surface area contributed by atoms with Gasteiger partial charge in [0, 0.05) is 6.07 Å². The minimum absolute atomic E-state index is 0. The van der Waals surface area contributed by atoms with E-state index in [1.54, 1.807) is 12.3 Å². The highest BCUT2D eigenvalue weighted by Crippen LogP contribution is 2.04. The second kappa shape index (κ2) is 7.10. The summed E-state index contributed by atoms with van der Waals surface area (Å²) in [5.41, 5.74) is 1.55. The summed E-state index contributed by atoms with van der Waals surface area (Å²) in [6.45, 7) is 0.304. The van der Waals surface area contributed by atoms with E-state index in [-0.39, 0.29) is 29.9 Å². The predicted molar refractivity (Wildman–Crippen MR) is 63.2 cm³/mol. The molecule has 0 N–H and O–H groups in total. The van der Waals surface area contributed by atoms with Crippen LogP contribution in [0.1, 0.15) is 15.9 Å². The van der Waals surface area contributed by atoms with Crippen LogP contribution >= 0.6 is 0 Å². The van der Waals surface area contributed by atoms with Gasteiger partial charge in [0.25, 0.3) is 0 Å². The van der Waals surface area contributed by atoms with Crippen molar-refractivity contribution in [2.24, 2.45) is 7.05 Å². The summed E-state index contributed by atoms with van der Waals surface area (Å²) in [6.07, 6.45) is 3.61. The lowest BCUT2D eigenvalue weighted by atomic mass is 10.2. The van der Waals surface area contributed by atoms with Crippen LogP contribution in [0.15, 0.2) is 54.9 Å². The third-order valence-corrected chi connectivity index (χ3v) is 2.39. The fraction of sp³-hybridized carbons (Fsp3) is 0.143. The molecular formula is C14H14INO2. The van der Waals surface area contributed by atoms with E-state index in [2.05, 4.69) is 0 Å². The molecule has 0 unspecified atom stereocenters. The molecule has 0 fully saturated rings. The van der Waals surface area contributed by atoms with E-state index < -0.39 is 0 Å². The summed E-state index contributed by atoms with van der Waals surface area (Å²) in [4.78, 5) is 11.7. The number of carbonyl (C=O) groups excluding carboxylic acids is 1. The molecule has 2 aromatic rings. The molecule has 94 valence electrons. The van der Waals surface area contributed by atoms with Crippen molar-refractivity contribution in [3.05, 3.63) is 66.0 Å². The van der Waals surface area contributed by atoms with E-state index in [0.717, 1.165) is 5.56 Å². The second-order valence-electron chi connectivity index (χ2n) is 3.82. The highest BCUT2D eigenvalue weighted by atomic mass is 127. The van der Waals surface area contributed by atoms with Gasteiger partial charge in [-0.25, -0.2) is 9.36 Å². The maximum Gasteiger partial charge on any atom is 0.344 e. The van der Waals surface area contributed by atoms with Crippen LogP contribution in [0.5, 0.6) is 0 Å². The number of benzene rings is 1. The summed E-state index contributed by atoms with van der Waals surface area (Å²) in [5.74, 6) is -0.301. The smallest absolute Gasteiger partial charge is 0.344 e. The number of hydrogen-bond donors (Lipinski definition) is 0. The SMILES string of the molecule is C[n+]1cccc(C(=O)OCc2ccccc2)c1.[I-]. The molecular weight excluding hydrogens is 341 g/mol. The van der Waals surface area contributed by atoms with Crippen molar-refractivity contribution in [1.29, 1.82) is 0 Å². The first kappa shape index (κ1) is 14.6. The number of esters is 1. The summed E-state index contributed by atoms with van der Waals surface area (Å²) < 4.78 is 7.04. The van der Waals surface area contributed by atoms with Gasteiger partial charge in [0.1, 0.15) is 19.2 Å².